The SMILES string of the molecule is CC.CC.Cc1ccccc1Oc1ccccc1C(=O)CCCCN(C)C(=O)OC(C)(C)C. The van der Waals surface area contributed by atoms with Crippen LogP contribution in [0.15, 0.2) is 48.5 Å². The van der Waals surface area contributed by atoms with Crippen molar-refractivity contribution < 1.29 is 19.1 Å². The highest BCUT2D eigenvalue weighted by molar-refractivity contribution is 5.98. The molecule has 1 amide bonds. The average molecular weight is 458 g/mol. The van der Waals surface area contributed by atoms with E-state index in [0.717, 1.165) is 17.7 Å². The largest absolute Gasteiger partial charge is 0.456 e. The highest BCUT2D eigenvalue weighted by Gasteiger charge is 2.19. The van der Waals surface area contributed by atoms with E-state index in [1.54, 1.807) is 18.0 Å². The molecule has 0 heterocycles. The molecule has 2 rings (SSSR count). The van der Waals surface area contributed by atoms with E-state index >= 15 is 0 Å². The van der Waals surface area contributed by atoms with Crippen LogP contribution in [0.2, 0.25) is 0 Å². The Kier molecular flexibility index (Phi) is 14.5. The number of carbonyl (C=O) groups excluding carboxylic acids is 2. The smallest absolute Gasteiger partial charge is 0.410 e. The van der Waals surface area contributed by atoms with Crippen molar-refractivity contribution in [3.8, 4) is 11.5 Å². The summed E-state index contributed by atoms with van der Waals surface area (Å²) in [6, 6.07) is 15.0. The summed E-state index contributed by atoms with van der Waals surface area (Å²) in [5.74, 6) is 1.35. The first kappa shape index (κ1) is 30.2. The van der Waals surface area contributed by atoms with Crippen LogP contribution in [0.5, 0.6) is 11.5 Å². The summed E-state index contributed by atoms with van der Waals surface area (Å²) in [6.45, 7) is 16.0. The fourth-order valence-corrected chi connectivity index (χ4v) is 2.78. The molecule has 0 saturated heterocycles. The lowest BCUT2D eigenvalue weighted by Crippen LogP contribution is -2.34. The van der Waals surface area contributed by atoms with Gasteiger partial charge in [-0.2, -0.15) is 0 Å². The molecule has 33 heavy (non-hydrogen) atoms. The zero-order chi connectivity index (χ0) is 25.4. The summed E-state index contributed by atoms with van der Waals surface area (Å²) in [5.41, 5.74) is 1.08. The Morgan fingerprint density at radius 3 is 1.97 bits per heavy atom. The first-order chi connectivity index (χ1) is 15.7. The maximum atomic E-state index is 12.7. The van der Waals surface area contributed by atoms with Crippen molar-refractivity contribution >= 4 is 11.9 Å². The Labute approximate surface area is 201 Å². The summed E-state index contributed by atoms with van der Waals surface area (Å²) in [5, 5.41) is 0. The number of Topliss-reactive ketones (excluding diaryl/α,β-unsaturated/α-hetero) is 1. The summed E-state index contributed by atoms with van der Waals surface area (Å²) in [7, 11) is 1.71. The van der Waals surface area contributed by atoms with E-state index in [1.165, 1.54) is 0 Å². The standard InChI is InChI=1S/C24H31NO4.2C2H6/c1-18-12-6-8-15-21(18)28-22-16-9-7-13-19(22)20(26)14-10-11-17-25(5)23(27)29-24(2,3)4;2*1-2/h6-9,12-13,15-16H,10-11,14,17H2,1-5H3;2*1-2H3. The molecule has 184 valence electrons. The number of carbonyl (C=O) groups is 2. The van der Waals surface area contributed by atoms with Gasteiger partial charge in [0, 0.05) is 20.0 Å². The number of ketones is 1. The van der Waals surface area contributed by atoms with Gasteiger partial charge in [0.1, 0.15) is 17.1 Å². The number of amides is 1. The van der Waals surface area contributed by atoms with E-state index in [4.69, 9.17) is 9.47 Å². The third-order valence-corrected chi connectivity index (χ3v) is 4.35. The van der Waals surface area contributed by atoms with Gasteiger partial charge in [-0.1, -0.05) is 58.0 Å². The highest BCUT2D eigenvalue weighted by atomic mass is 16.6. The van der Waals surface area contributed by atoms with Crippen LogP contribution in [-0.2, 0) is 4.74 Å². The van der Waals surface area contributed by atoms with Gasteiger partial charge in [-0.15, -0.1) is 0 Å². The van der Waals surface area contributed by atoms with Gasteiger partial charge >= 0.3 is 6.09 Å². The Morgan fingerprint density at radius 2 is 1.39 bits per heavy atom. The molecule has 0 aliphatic carbocycles. The molecule has 0 aliphatic rings. The molecule has 5 nitrogen and oxygen atoms in total. The molecule has 0 spiro atoms. The third kappa shape index (κ3) is 11.6. The number of hydrogen-bond acceptors (Lipinski definition) is 4. The van der Waals surface area contributed by atoms with Gasteiger partial charge < -0.3 is 14.4 Å². The van der Waals surface area contributed by atoms with Gasteiger partial charge in [0.2, 0.25) is 0 Å². The van der Waals surface area contributed by atoms with Crippen molar-refractivity contribution in [3.63, 3.8) is 0 Å². The minimum atomic E-state index is -0.512. The van der Waals surface area contributed by atoms with Crippen molar-refractivity contribution in [2.24, 2.45) is 0 Å². The second-order valence-corrected chi connectivity index (χ2v) is 8.15. The molecule has 5 heteroatoms. The molecule has 0 aromatic heterocycles. The van der Waals surface area contributed by atoms with Crippen LogP contribution in [0.25, 0.3) is 0 Å². The number of aryl methyl sites for hydroxylation is 1. The number of ether oxygens (including phenoxy) is 2. The topological polar surface area (TPSA) is 55.8 Å². The van der Waals surface area contributed by atoms with Crippen molar-refractivity contribution in [2.75, 3.05) is 13.6 Å². The number of para-hydroxylation sites is 2. The molecule has 0 saturated carbocycles. The molecule has 0 radical (unpaired) electrons. The van der Waals surface area contributed by atoms with Crippen molar-refractivity contribution in [1.82, 2.24) is 4.90 Å². The summed E-state index contributed by atoms with van der Waals surface area (Å²) in [4.78, 5) is 26.2. The van der Waals surface area contributed by atoms with E-state index in [-0.39, 0.29) is 11.9 Å². The third-order valence-electron chi connectivity index (χ3n) is 4.35. The van der Waals surface area contributed by atoms with Crippen molar-refractivity contribution in [2.45, 2.75) is 80.3 Å². The number of benzene rings is 2. The summed E-state index contributed by atoms with van der Waals surface area (Å²) in [6.07, 6.45) is 1.46. The van der Waals surface area contributed by atoms with Crippen molar-refractivity contribution in [3.05, 3.63) is 59.7 Å². The molecular formula is C28H43NO4. The van der Waals surface area contributed by atoms with Gasteiger partial charge in [0.15, 0.2) is 5.78 Å². The molecule has 2 aromatic carbocycles. The Bertz CT molecular complexity index is 840. The minimum absolute atomic E-state index is 0.0362. The van der Waals surface area contributed by atoms with Crippen LogP contribution in [0.4, 0.5) is 4.79 Å². The van der Waals surface area contributed by atoms with Crippen LogP contribution < -0.4 is 4.74 Å². The van der Waals surface area contributed by atoms with Gasteiger partial charge in [0.05, 0.1) is 5.56 Å². The fourth-order valence-electron chi connectivity index (χ4n) is 2.78. The van der Waals surface area contributed by atoms with Gasteiger partial charge in [-0.25, -0.2) is 4.79 Å². The van der Waals surface area contributed by atoms with E-state index in [2.05, 4.69) is 0 Å². The first-order valence-corrected chi connectivity index (χ1v) is 12.0. The Hall–Kier alpha value is -2.82. The molecular weight excluding hydrogens is 414 g/mol. The lowest BCUT2D eigenvalue weighted by atomic mass is 10.0. The summed E-state index contributed by atoms with van der Waals surface area (Å²) < 4.78 is 11.3. The predicted molar refractivity (Wildman–Crippen MR) is 137 cm³/mol. The van der Waals surface area contributed by atoms with Gasteiger partial charge in [-0.3, -0.25) is 4.79 Å². The number of rotatable bonds is 8. The van der Waals surface area contributed by atoms with E-state index < -0.39 is 5.60 Å². The fraction of sp³-hybridized carbons (Fsp3) is 0.500. The molecule has 0 unspecified atom stereocenters. The monoisotopic (exact) mass is 457 g/mol. The van der Waals surface area contributed by atoms with Crippen LogP contribution in [0, 0.1) is 6.92 Å². The molecule has 0 N–H and O–H groups in total. The molecule has 2 aromatic rings. The zero-order valence-electron chi connectivity index (χ0n) is 22.0. The summed E-state index contributed by atoms with van der Waals surface area (Å²) >= 11 is 0. The average Bonchev–Trinajstić information content (AvgIpc) is 2.80. The van der Waals surface area contributed by atoms with E-state index in [0.29, 0.717) is 30.7 Å². The molecule has 0 aliphatic heterocycles. The maximum absolute atomic E-state index is 12.7. The maximum Gasteiger partial charge on any atom is 0.410 e. The first-order valence-electron chi connectivity index (χ1n) is 12.0. The number of nitrogens with zero attached hydrogens (tertiary/aromatic N) is 1. The number of hydrogen-bond donors (Lipinski definition) is 0. The number of unbranched alkanes of at least 4 members (excludes halogenated alkanes) is 1. The molecule has 0 atom stereocenters. The van der Waals surface area contributed by atoms with Crippen LogP contribution in [0.3, 0.4) is 0 Å². The molecule has 0 fully saturated rings. The quantitative estimate of drug-likeness (QED) is 0.297. The highest BCUT2D eigenvalue weighted by Crippen LogP contribution is 2.28. The van der Waals surface area contributed by atoms with Gasteiger partial charge in [0.25, 0.3) is 0 Å². The van der Waals surface area contributed by atoms with E-state index in [1.807, 2.05) is 97.9 Å². The Balaban J connectivity index is 0.00000242. The minimum Gasteiger partial charge on any atom is -0.456 e. The van der Waals surface area contributed by atoms with Crippen LogP contribution >= 0.6 is 0 Å². The predicted octanol–water partition coefficient (Wildman–Crippen LogP) is 8.06. The van der Waals surface area contributed by atoms with Crippen molar-refractivity contribution in [1.29, 1.82) is 0 Å². The zero-order valence-corrected chi connectivity index (χ0v) is 22.0. The second-order valence-electron chi connectivity index (χ2n) is 8.15. The second kappa shape index (κ2) is 15.9. The van der Waals surface area contributed by atoms with Crippen LogP contribution in [0.1, 0.15) is 83.7 Å². The lowest BCUT2D eigenvalue weighted by molar-refractivity contribution is 0.0296. The van der Waals surface area contributed by atoms with E-state index in [9.17, 15) is 9.59 Å². The van der Waals surface area contributed by atoms with Gasteiger partial charge in [-0.05, 0) is 64.3 Å². The lowest BCUT2D eigenvalue weighted by Gasteiger charge is -2.24. The van der Waals surface area contributed by atoms with Crippen LogP contribution in [-0.4, -0.2) is 36.0 Å². The molecule has 0 bridgehead atoms. The Morgan fingerprint density at radius 1 is 0.848 bits per heavy atom. The normalized spacial score (nSPS) is 10.1.